The molecule has 0 spiro atoms. The molecule has 10 aromatic rings. The van der Waals surface area contributed by atoms with Gasteiger partial charge in [0.25, 0.3) is 0 Å². The predicted octanol–water partition coefficient (Wildman–Crippen LogP) is 16.5. The number of fused-ring (bicyclic) bond motifs is 3. The van der Waals surface area contributed by atoms with Crippen molar-refractivity contribution in [2.75, 3.05) is 4.90 Å². The monoisotopic (exact) mass is 843 g/mol. The number of rotatable bonds is 9. The second kappa shape index (κ2) is 15.1. The maximum Gasteiger partial charge on any atom is 0.0465 e. The van der Waals surface area contributed by atoms with Crippen molar-refractivity contribution in [1.82, 2.24) is 9.97 Å². The Morgan fingerprint density at radius 1 is 0.350 bits per heavy atom. The molecule has 7 heteroatoms. The summed E-state index contributed by atoms with van der Waals surface area (Å²) in [6.45, 7) is 4.71. The van der Waals surface area contributed by atoms with Gasteiger partial charge in [0.2, 0.25) is 0 Å². The highest BCUT2D eigenvalue weighted by molar-refractivity contribution is 7.25. The zero-order chi connectivity index (χ0) is 40.2. The van der Waals surface area contributed by atoms with Gasteiger partial charge in [-0.25, -0.2) is 0 Å². The Labute approximate surface area is 366 Å². The Hall–Kier alpha value is -6.22. The van der Waals surface area contributed by atoms with Gasteiger partial charge < -0.3 is 4.90 Å². The zero-order valence-corrected chi connectivity index (χ0v) is 36.1. The van der Waals surface area contributed by atoms with Gasteiger partial charge in [-0.2, -0.15) is 0 Å². The summed E-state index contributed by atoms with van der Waals surface area (Å²) in [6, 6.07) is 60.3. The fourth-order valence-electron chi connectivity index (χ4n) is 8.36. The number of aromatic nitrogens is 2. The topological polar surface area (TPSA) is 29.0 Å². The minimum Gasteiger partial charge on any atom is -0.310 e. The van der Waals surface area contributed by atoms with Crippen molar-refractivity contribution < 1.29 is 0 Å². The van der Waals surface area contributed by atoms with Gasteiger partial charge in [-0.05, 0) is 154 Å². The number of nitrogens with zero attached hydrogens (tertiary/aromatic N) is 3. The molecule has 288 valence electrons. The lowest BCUT2D eigenvalue weighted by molar-refractivity contribution is 0.660. The lowest BCUT2D eigenvalue weighted by Gasteiger charge is -2.28. The Kier molecular flexibility index (Phi) is 9.27. The molecule has 0 saturated carbocycles. The zero-order valence-electron chi connectivity index (χ0n) is 32.9. The summed E-state index contributed by atoms with van der Waals surface area (Å²) in [5.41, 5.74) is 13.5. The average Bonchev–Trinajstić information content (AvgIpc) is 4.16. The third-order valence-electron chi connectivity index (χ3n) is 11.5. The first-order valence-corrected chi connectivity index (χ1v) is 23.2. The molecule has 0 fully saturated rings. The van der Waals surface area contributed by atoms with Crippen molar-refractivity contribution in [3.8, 4) is 72.4 Å². The highest BCUT2D eigenvalue weighted by Crippen LogP contribution is 2.51. The van der Waals surface area contributed by atoms with E-state index in [1.165, 1.54) is 83.5 Å². The summed E-state index contributed by atoms with van der Waals surface area (Å²) >= 11 is 7.35. The fourth-order valence-corrected chi connectivity index (χ4v) is 12.6. The molecule has 4 aromatic carbocycles. The van der Waals surface area contributed by atoms with Gasteiger partial charge in [0.1, 0.15) is 0 Å². The Bertz CT molecular complexity index is 2960. The van der Waals surface area contributed by atoms with E-state index in [1.54, 1.807) is 0 Å². The van der Waals surface area contributed by atoms with Gasteiger partial charge in [0, 0.05) is 86.3 Å². The van der Waals surface area contributed by atoms with Crippen molar-refractivity contribution in [3.05, 3.63) is 200 Å². The Balaban J connectivity index is 0.915. The van der Waals surface area contributed by atoms with Gasteiger partial charge in [0.15, 0.2) is 0 Å². The molecule has 0 atom stereocenters. The number of pyridine rings is 2. The Morgan fingerprint density at radius 2 is 0.717 bits per heavy atom. The van der Waals surface area contributed by atoms with Crippen LogP contribution in [0.4, 0.5) is 17.1 Å². The molecular formula is C53H37N3S4. The van der Waals surface area contributed by atoms with Crippen LogP contribution in [0.5, 0.6) is 0 Å². The fraction of sp³-hybridized carbons (Fsp3) is 0.0566. The minimum atomic E-state index is -0.0989. The van der Waals surface area contributed by atoms with Gasteiger partial charge in [-0.3, -0.25) is 9.97 Å². The second-order valence-corrected chi connectivity index (χ2v) is 19.8. The van der Waals surface area contributed by atoms with E-state index in [1.807, 2.05) is 70.1 Å². The maximum atomic E-state index is 4.19. The molecular weight excluding hydrogens is 807 g/mol. The summed E-state index contributed by atoms with van der Waals surface area (Å²) < 4.78 is 0. The molecule has 0 aliphatic heterocycles. The quantitative estimate of drug-likeness (QED) is 0.145. The van der Waals surface area contributed by atoms with Crippen molar-refractivity contribution >= 4 is 62.4 Å². The largest absolute Gasteiger partial charge is 0.310 e. The summed E-state index contributed by atoms with van der Waals surface area (Å²) in [4.78, 5) is 20.9. The van der Waals surface area contributed by atoms with Crippen LogP contribution in [-0.4, -0.2) is 9.97 Å². The minimum absolute atomic E-state index is 0.0989. The van der Waals surface area contributed by atoms with E-state index in [0.717, 1.165) is 17.1 Å². The number of anilines is 3. The van der Waals surface area contributed by atoms with Crippen molar-refractivity contribution in [2.24, 2.45) is 0 Å². The molecule has 0 unspecified atom stereocenters. The highest BCUT2D eigenvalue weighted by atomic mass is 32.1. The van der Waals surface area contributed by atoms with Gasteiger partial charge in [-0.1, -0.05) is 68.4 Å². The van der Waals surface area contributed by atoms with E-state index in [4.69, 9.17) is 0 Å². The van der Waals surface area contributed by atoms with Crippen molar-refractivity contribution in [2.45, 2.75) is 19.3 Å². The van der Waals surface area contributed by atoms with Crippen LogP contribution in [-0.2, 0) is 5.41 Å². The van der Waals surface area contributed by atoms with E-state index < -0.39 is 0 Å². The molecule has 60 heavy (non-hydrogen) atoms. The smallest absolute Gasteiger partial charge is 0.0465 e. The molecule has 6 heterocycles. The summed E-state index contributed by atoms with van der Waals surface area (Å²) in [5, 5.41) is 0. The van der Waals surface area contributed by atoms with E-state index in [0.29, 0.717) is 0 Å². The summed E-state index contributed by atoms with van der Waals surface area (Å²) in [6.07, 6.45) is 7.42. The summed E-state index contributed by atoms with van der Waals surface area (Å²) in [5.74, 6) is 0. The third-order valence-corrected chi connectivity index (χ3v) is 16.4. The predicted molar refractivity (Wildman–Crippen MR) is 258 cm³/mol. The molecule has 0 amide bonds. The first-order chi connectivity index (χ1) is 29.5. The standard InChI is InChI=1S/C53H37N3S4/c1-53(2)43-6-4-3-5-41(43)42-16-15-40(33-44(42)53)56(38-11-7-34(8-12-38)45-17-21-49(57-45)51-23-19-47(59-51)36-25-29-54-30-26-36)39-13-9-35(10-14-39)46-18-22-50(58-46)52-24-20-48(60-52)37-27-31-55-32-28-37/h3-33H,1-2H3. The van der Waals surface area contributed by atoms with Gasteiger partial charge in [-0.15, -0.1) is 45.3 Å². The first kappa shape index (κ1) is 36.8. The van der Waals surface area contributed by atoms with E-state index in [9.17, 15) is 0 Å². The molecule has 1 aliphatic rings. The van der Waals surface area contributed by atoms with E-state index in [2.05, 4.69) is 193 Å². The van der Waals surface area contributed by atoms with Crippen LogP contribution in [0.15, 0.2) is 189 Å². The number of hydrogen-bond donors (Lipinski definition) is 0. The molecule has 0 N–H and O–H groups in total. The molecule has 0 radical (unpaired) electrons. The van der Waals surface area contributed by atoms with Crippen LogP contribution in [0.25, 0.3) is 72.4 Å². The maximum absolute atomic E-state index is 4.19. The number of thiophene rings is 4. The lowest BCUT2D eigenvalue weighted by Crippen LogP contribution is -2.16. The van der Waals surface area contributed by atoms with E-state index >= 15 is 0 Å². The van der Waals surface area contributed by atoms with E-state index in [-0.39, 0.29) is 5.41 Å². The second-order valence-electron chi connectivity index (χ2n) is 15.5. The molecule has 3 nitrogen and oxygen atoms in total. The van der Waals surface area contributed by atoms with Crippen LogP contribution in [0.3, 0.4) is 0 Å². The SMILES string of the molecule is CC1(C)c2ccccc2-c2ccc(N(c3ccc(-c4ccc(-c5ccc(-c6ccncc6)s5)s4)cc3)c3ccc(-c4ccc(-c5ccc(-c6ccncc6)s5)s4)cc3)cc21. The molecule has 6 aromatic heterocycles. The van der Waals surface area contributed by atoms with Crippen molar-refractivity contribution in [1.29, 1.82) is 0 Å². The highest BCUT2D eigenvalue weighted by Gasteiger charge is 2.35. The normalized spacial score (nSPS) is 12.6. The number of benzene rings is 4. The van der Waals surface area contributed by atoms with Gasteiger partial charge >= 0.3 is 0 Å². The van der Waals surface area contributed by atoms with Crippen LogP contribution in [0.1, 0.15) is 25.0 Å². The van der Waals surface area contributed by atoms with Gasteiger partial charge in [0.05, 0.1) is 0 Å². The number of hydrogen-bond acceptors (Lipinski definition) is 7. The Morgan fingerprint density at radius 3 is 1.17 bits per heavy atom. The molecule has 1 aliphatic carbocycles. The van der Waals surface area contributed by atoms with Crippen LogP contribution >= 0.6 is 45.3 Å². The lowest BCUT2D eigenvalue weighted by atomic mass is 9.82. The average molecular weight is 844 g/mol. The first-order valence-electron chi connectivity index (χ1n) is 19.9. The summed E-state index contributed by atoms with van der Waals surface area (Å²) in [7, 11) is 0. The molecule has 0 bridgehead atoms. The van der Waals surface area contributed by atoms with Crippen LogP contribution in [0, 0.1) is 0 Å². The molecule has 0 saturated heterocycles. The molecule has 11 rings (SSSR count). The third kappa shape index (κ3) is 6.64. The van der Waals surface area contributed by atoms with Crippen LogP contribution in [0.2, 0.25) is 0 Å². The van der Waals surface area contributed by atoms with Crippen LogP contribution < -0.4 is 4.90 Å². The van der Waals surface area contributed by atoms with Crippen molar-refractivity contribution in [3.63, 3.8) is 0 Å².